The summed E-state index contributed by atoms with van der Waals surface area (Å²) < 4.78 is 9.37. The molecule has 0 bridgehead atoms. The molecule has 0 spiro atoms. The highest BCUT2D eigenvalue weighted by Crippen LogP contribution is 2.51. The zero-order chi connectivity index (χ0) is 64.6. The predicted octanol–water partition coefficient (Wildman–Crippen LogP) is 24.4. The Kier molecular flexibility index (Phi) is 14.5. The van der Waals surface area contributed by atoms with Crippen molar-refractivity contribution in [3.05, 3.63) is 251 Å². The average molecular weight is 1210 g/mol. The summed E-state index contributed by atoms with van der Waals surface area (Å²) in [6.45, 7) is 22.8. The molecular weight excluding hydrogens is 1130 g/mol. The van der Waals surface area contributed by atoms with Crippen molar-refractivity contribution in [2.45, 2.75) is 124 Å². The molecule has 0 aliphatic heterocycles. The molecule has 18 rings (SSSR count). The number of aryl methyl sites for hydroxylation is 6. The van der Waals surface area contributed by atoms with Gasteiger partial charge in [0.25, 0.3) is 0 Å². The number of hydrogen-bond donors (Lipinski definition) is 0. The summed E-state index contributed by atoms with van der Waals surface area (Å²) in [4.78, 5) is 0. The molecule has 4 aromatic heterocycles. The van der Waals surface area contributed by atoms with E-state index in [0.717, 1.165) is 12.3 Å². The fourth-order valence-electron chi connectivity index (χ4n) is 16.3. The monoisotopic (exact) mass is 1210 g/mol. The SMILES string of the molecule is CCC(C)(C)c1ccc2c3cc4c(cc3n(C)c2c1)C(C)(C)c1ccccc1-4.Cc1ccc2c(c1)c1c3ccccc3c(C)cc1n2C.Cn1c2ccc(C(C)(C)C)cc2c2cc3ccccc3cc21.Cn1c2ccc(C3CCCC3)cc2c2ccc3ccccc3c21. The molecule has 12 aromatic carbocycles. The van der Waals surface area contributed by atoms with Gasteiger partial charge in [-0.3, -0.25) is 0 Å². The first-order valence-electron chi connectivity index (χ1n) is 34.1. The molecule has 0 saturated heterocycles. The van der Waals surface area contributed by atoms with Crippen LogP contribution < -0.4 is 0 Å². The molecule has 0 N–H and O–H groups in total. The van der Waals surface area contributed by atoms with Crippen molar-refractivity contribution in [1.82, 2.24) is 18.3 Å². The number of nitrogens with zero attached hydrogens (tertiary/aromatic N) is 4. The zero-order valence-corrected chi connectivity index (χ0v) is 57.1. The zero-order valence-electron chi connectivity index (χ0n) is 57.1. The molecule has 0 unspecified atom stereocenters. The lowest BCUT2D eigenvalue weighted by molar-refractivity contribution is 0.507. The van der Waals surface area contributed by atoms with E-state index in [9.17, 15) is 0 Å². The summed E-state index contributed by atoms with van der Waals surface area (Å²) >= 11 is 0. The minimum absolute atomic E-state index is 0.0476. The van der Waals surface area contributed by atoms with Crippen molar-refractivity contribution in [3.8, 4) is 11.1 Å². The Balaban J connectivity index is 0.000000103. The third-order valence-corrected chi connectivity index (χ3v) is 22.2. The lowest BCUT2D eigenvalue weighted by atomic mass is 9.82. The Labute approximate surface area is 548 Å². The Morgan fingerprint density at radius 3 is 1.70 bits per heavy atom. The normalized spacial score (nSPS) is 14.0. The fraction of sp³-hybridized carbons (Fsp3) is 0.258. The smallest absolute Gasteiger partial charge is 0.0568 e. The van der Waals surface area contributed by atoms with Gasteiger partial charge in [0.2, 0.25) is 0 Å². The van der Waals surface area contributed by atoms with E-state index in [-0.39, 0.29) is 16.2 Å². The van der Waals surface area contributed by atoms with Crippen LogP contribution in [0.15, 0.2) is 212 Å². The van der Waals surface area contributed by atoms with Crippen LogP contribution in [0.4, 0.5) is 0 Å². The fourth-order valence-corrected chi connectivity index (χ4v) is 16.3. The molecule has 1 fully saturated rings. The van der Waals surface area contributed by atoms with Crippen LogP contribution in [0, 0.1) is 13.8 Å². The Morgan fingerprint density at radius 2 is 0.946 bits per heavy atom. The molecule has 2 aliphatic rings. The number of rotatable bonds is 3. The first-order valence-corrected chi connectivity index (χ1v) is 34.1. The summed E-state index contributed by atoms with van der Waals surface area (Å²) in [5.41, 5.74) is 23.7. The lowest BCUT2D eigenvalue weighted by Gasteiger charge is -2.23. The largest absolute Gasteiger partial charge is 0.344 e. The molecule has 4 heteroatoms. The molecule has 1 saturated carbocycles. The Bertz CT molecular complexity index is 5670. The number of fused-ring (bicyclic) bond motifs is 20. The van der Waals surface area contributed by atoms with Crippen LogP contribution >= 0.6 is 0 Å². The lowest BCUT2D eigenvalue weighted by Crippen LogP contribution is -2.15. The first-order chi connectivity index (χ1) is 44.7. The van der Waals surface area contributed by atoms with Gasteiger partial charge in [-0.1, -0.05) is 213 Å². The minimum atomic E-state index is 0.0476. The molecule has 4 heterocycles. The number of aromatic nitrogens is 4. The van der Waals surface area contributed by atoms with Crippen molar-refractivity contribution in [2.24, 2.45) is 28.2 Å². The highest BCUT2D eigenvalue weighted by Gasteiger charge is 2.36. The topological polar surface area (TPSA) is 19.7 Å². The second-order valence-corrected chi connectivity index (χ2v) is 29.6. The second-order valence-electron chi connectivity index (χ2n) is 29.6. The van der Waals surface area contributed by atoms with Gasteiger partial charge in [-0.15, -0.1) is 0 Å². The molecule has 2 aliphatic carbocycles. The molecule has 4 nitrogen and oxygen atoms in total. The van der Waals surface area contributed by atoms with Crippen molar-refractivity contribution in [3.63, 3.8) is 0 Å². The van der Waals surface area contributed by atoms with Crippen molar-refractivity contribution in [2.75, 3.05) is 0 Å². The summed E-state index contributed by atoms with van der Waals surface area (Å²) in [7, 11) is 8.74. The van der Waals surface area contributed by atoms with Gasteiger partial charge in [-0.25, -0.2) is 0 Å². The summed E-state index contributed by atoms with van der Waals surface area (Å²) in [6, 6.07) is 79.2. The second kappa shape index (κ2) is 22.4. The molecule has 0 amide bonds. The molecule has 464 valence electrons. The van der Waals surface area contributed by atoms with Gasteiger partial charge >= 0.3 is 0 Å². The maximum Gasteiger partial charge on any atom is 0.0568 e. The summed E-state index contributed by atoms with van der Waals surface area (Å²) in [5.74, 6) is 0.773. The minimum Gasteiger partial charge on any atom is -0.344 e. The van der Waals surface area contributed by atoms with Crippen LogP contribution in [0.3, 0.4) is 0 Å². The van der Waals surface area contributed by atoms with E-state index in [1.807, 2.05) is 0 Å². The third-order valence-electron chi connectivity index (χ3n) is 22.2. The van der Waals surface area contributed by atoms with Crippen molar-refractivity contribution in [1.29, 1.82) is 0 Å². The van der Waals surface area contributed by atoms with E-state index in [2.05, 4.69) is 328 Å². The van der Waals surface area contributed by atoms with E-state index >= 15 is 0 Å². The quantitative estimate of drug-likeness (QED) is 0.168. The van der Waals surface area contributed by atoms with Crippen LogP contribution in [-0.4, -0.2) is 18.3 Å². The van der Waals surface area contributed by atoms with E-state index in [4.69, 9.17) is 0 Å². The third kappa shape index (κ3) is 9.84. The van der Waals surface area contributed by atoms with Crippen LogP contribution in [0.5, 0.6) is 0 Å². The van der Waals surface area contributed by atoms with Crippen LogP contribution in [0.25, 0.3) is 131 Å². The van der Waals surface area contributed by atoms with Gasteiger partial charge in [0.05, 0.1) is 5.52 Å². The van der Waals surface area contributed by atoms with E-state index in [0.29, 0.717) is 0 Å². The standard InChI is InChI=1S/C27H29N.C22H21N.C21H21N.C19H17N/c1-7-26(2,3)17-12-13-19-21-15-20-18-10-8-9-11-22(18)27(4,5)23(20)16-25(21)28(6)24(19)14-17;1-23-21-13-11-17(15-6-2-3-7-15)14-20(21)19-12-10-16-8-4-5-9-18(16)22(19)23;1-21(2,3)16-9-10-19-18(13-16)17-11-14-7-5-6-8-15(14)12-20(17)22(19)4;1-12-8-9-17-16(10-12)19-15-7-5-4-6-14(15)13(2)11-18(19)20(17)3/h8-16H,7H2,1-6H3;4-5,8-15H,2-3,6-7H2,1H3;5-13H,1-4H3;4-11H,1-3H3. The molecule has 93 heavy (non-hydrogen) atoms. The maximum atomic E-state index is 2.46. The highest BCUT2D eigenvalue weighted by molar-refractivity contribution is 6.22. The first kappa shape index (κ1) is 59.9. The van der Waals surface area contributed by atoms with E-state index in [1.54, 1.807) is 0 Å². The molecular formula is C89H88N4. The van der Waals surface area contributed by atoms with Crippen LogP contribution in [0.1, 0.15) is 132 Å². The molecule has 16 aromatic rings. The molecule has 0 radical (unpaired) electrons. The molecule has 0 atom stereocenters. The van der Waals surface area contributed by atoms with Gasteiger partial charge in [0.15, 0.2) is 0 Å². The van der Waals surface area contributed by atoms with Gasteiger partial charge in [0, 0.05) is 121 Å². The highest BCUT2D eigenvalue weighted by atomic mass is 15.0. The summed E-state index contributed by atoms with van der Waals surface area (Å²) in [6.07, 6.45) is 6.64. The van der Waals surface area contributed by atoms with Crippen LogP contribution in [-0.2, 0) is 44.4 Å². The number of hydrogen-bond acceptors (Lipinski definition) is 0. The van der Waals surface area contributed by atoms with Gasteiger partial charge < -0.3 is 18.3 Å². The van der Waals surface area contributed by atoms with Gasteiger partial charge in [0.1, 0.15) is 0 Å². The Hall–Kier alpha value is -9.38. The average Bonchev–Trinajstić information content (AvgIpc) is 1.51. The maximum absolute atomic E-state index is 2.46. The van der Waals surface area contributed by atoms with Crippen molar-refractivity contribution >= 4 is 120 Å². The number of benzene rings is 12. The summed E-state index contributed by atoms with van der Waals surface area (Å²) in [5, 5.41) is 19.0. The van der Waals surface area contributed by atoms with E-state index < -0.39 is 0 Å². The predicted molar refractivity (Wildman–Crippen MR) is 404 cm³/mol. The van der Waals surface area contributed by atoms with Gasteiger partial charge in [-0.2, -0.15) is 0 Å². The van der Waals surface area contributed by atoms with Gasteiger partial charge in [-0.05, 0) is 194 Å². The Morgan fingerprint density at radius 1 is 0.387 bits per heavy atom. The van der Waals surface area contributed by atoms with E-state index in [1.165, 1.54) is 195 Å². The van der Waals surface area contributed by atoms with Crippen molar-refractivity contribution < 1.29 is 0 Å². The van der Waals surface area contributed by atoms with Crippen LogP contribution in [0.2, 0.25) is 0 Å².